The number of sulfonamides is 1. The van der Waals surface area contributed by atoms with Crippen LogP contribution in [0.3, 0.4) is 0 Å². The molecule has 6 nitrogen and oxygen atoms in total. The van der Waals surface area contributed by atoms with Gasteiger partial charge in [-0.2, -0.15) is 0 Å². The van der Waals surface area contributed by atoms with Crippen LogP contribution in [0.5, 0.6) is 0 Å². The molecular weight excluding hydrogens is 240 g/mol. The first kappa shape index (κ1) is 12.0. The molecule has 0 amide bonds. The molecule has 0 radical (unpaired) electrons. The molecule has 15 heavy (non-hydrogen) atoms. The normalized spacial score (nSPS) is 11.3. The quantitative estimate of drug-likeness (QED) is 0.652. The number of nitrogen functional groups attached to an aromatic ring is 1. The van der Waals surface area contributed by atoms with Crippen molar-refractivity contribution in [1.82, 2.24) is 4.98 Å². The summed E-state index contributed by atoms with van der Waals surface area (Å²) in [6.07, 6.45) is 0. The highest BCUT2D eigenvalue weighted by Gasteiger charge is 2.04. The van der Waals surface area contributed by atoms with E-state index in [0.29, 0.717) is 11.5 Å². The Balaban J connectivity index is 2.61. The fourth-order valence-corrected chi connectivity index (χ4v) is 1.43. The van der Waals surface area contributed by atoms with E-state index in [1.54, 1.807) is 12.1 Å². The highest BCUT2D eigenvalue weighted by atomic mass is 35.5. The van der Waals surface area contributed by atoms with Gasteiger partial charge in [0.25, 0.3) is 0 Å². The smallest absolute Gasteiger partial charge is 0.210 e. The number of nitrogens with zero attached hydrogens (tertiary/aromatic N) is 1. The highest BCUT2D eigenvalue weighted by Crippen LogP contribution is 2.17. The van der Waals surface area contributed by atoms with Gasteiger partial charge in [0.2, 0.25) is 10.0 Å². The van der Waals surface area contributed by atoms with Crippen molar-refractivity contribution in [3.63, 3.8) is 0 Å². The average molecular weight is 251 g/mol. The molecule has 0 fully saturated rings. The summed E-state index contributed by atoms with van der Waals surface area (Å²) < 4.78 is 21.3. The Morgan fingerprint density at radius 2 is 2.13 bits per heavy atom. The number of primary sulfonamides is 1. The van der Waals surface area contributed by atoms with Crippen molar-refractivity contribution in [3.05, 3.63) is 17.3 Å². The van der Waals surface area contributed by atoms with E-state index in [9.17, 15) is 8.42 Å². The number of halogens is 1. The van der Waals surface area contributed by atoms with Crippen LogP contribution in [0.2, 0.25) is 5.15 Å². The summed E-state index contributed by atoms with van der Waals surface area (Å²) in [7, 11) is -3.48. The number of nitrogens with one attached hydrogen (secondary N) is 1. The Labute approximate surface area is 92.7 Å². The SMILES string of the molecule is Nc1ccc(Cl)nc1NCCS(N)(=O)=O. The molecule has 1 rings (SSSR count). The van der Waals surface area contributed by atoms with Gasteiger partial charge in [-0.05, 0) is 12.1 Å². The Morgan fingerprint density at radius 3 is 2.73 bits per heavy atom. The van der Waals surface area contributed by atoms with E-state index >= 15 is 0 Å². The molecule has 1 heterocycles. The molecule has 0 aliphatic heterocycles. The van der Waals surface area contributed by atoms with Crippen LogP contribution >= 0.6 is 11.6 Å². The van der Waals surface area contributed by atoms with Crippen LogP contribution in [0.1, 0.15) is 0 Å². The fraction of sp³-hybridized carbons (Fsp3) is 0.286. The summed E-state index contributed by atoms with van der Waals surface area (Å²) >= 11 is 5.64. The molecule has 0 spiro atoms. The molecule has 0 saturated heterocycles. The van der Waals surface area contributed by atoms with Crippen LogP contribution in [0, 0.1) is 0 Å². The minimum Gasteiger partial charge on any atom is -0.396 e. The summed E-state index contributed by atoms with van der Waals surface area (Å²) in [5.41, 5.74) is 5.97. The molecule has 0 aliphatic carbocycles. The van der Waals surface area contributed by atoms with Crippen molar-refractivity contribution >= 4 is 33.1 Å². The van der Waals surface area contributed by atoms with Gasteiger partial charge in [0.15, 0.2) is 5.82 Å². The van der Waals surface area contributed by atoms with Crippen molar-refractivity contribution in [3.8, 4) is 0 Å². The van der Waals surface area contributed by atoms with Gasteiger partial charge in [-0.15, -0.1) is 0 Å². The van der Waals surface area contributed by atoms with Crippen LogP contribution < -0.4 is 16.2 Å². The Kier molecular flexibility index (Phi) is 3.72. The van der Waals surface area contributed by atoms with E-state index < -0.39 is 10.0 Å². The van der Waals surface area contributed by atoms with E-state index in [4.69, 9.17) is 22.5 Å². The molecule has 0 aliphatic rings. The lowest BCUT2D eigenvalue weighted by Gasteiger charge is -2.07. The van der Waals surface area contributed by atoms with E-state index in [1.165, 1.54) is 0 Å². The van der Waals surface area contributed by atoms with Crippen LogP contribution in [0.4, 0.5) is 11.5 Å². The van der Waals surface area contributed by atoms with Crippen molar-refractivity contribution in [2.24, 2.45) is 5.14 Å². The third-order valence-electron chi connectivity index (χ3n) is 1.57. The zero-order valence-corrected chi connectivity index (χ0v) is 9.35. The molecule has 0 atom stereocenters. The number of hydrogen-bond donors (Lipinski definition) is 3. The number of aromatic nitrogens is 1. The zero-order chi connectivity index (χ0) is 11.5. The Hall–Kier alpha value is -1.05. The zero-order valence-electron chi connectivity index (χ0n) is 7.77. The molecule has 8 heteroatoms. The van der Waals surface area contributed by atoms with Gasteiger partial charge in [-0.1, -0.05) is 11.6 Å². The number of hydrogen-bond acceptors (Lipinski definition) is 5. The minimum absolute atomic E-state index is 0.135. The van der Waals surface area contributed by atoms with Gasteiger partial charge in [-0.25, -0.2) is 18.5 Å². The molecule has 84 valence electrons. The molecule has 5 N–H and O–H groups in total. The summed E-state index contributed by atoms with van der Waals surface area (Å²) in [6.45, 7) is 0.135. The molecular formula is C7H11ClN4O2S. The number of anilines is 2. The monoisotopic (exact) mass is 250 g/mol. The number of pyridine rings is 1. The predicted octanol–water partition coefficient (Wildman–Crippen LogP) is 0.0176. The first-order chi connectivity index (χ1) is 6.88. The third-order valence-corrected chi connectivity index (χ3v) is 2.56. The van der Waals surface area contributed by atoms with Crippen molar-refractivity contribution < 1.29 is 8.42 Å². The average Bonchev–Trinajstić information content (AvgIpc) is 2.09. The van der Waals surface area contributed by atoms with E-state index in [1.807, 2.05) is 0 Å². The van der Waals surface area contributed by atoms with Gasteiger partial charge < -0.3 is 11.1 Å². The second kappa shape index (κ2) is 4.65. The Bertz CT molecular complexity index is 448. The van der Waals surface area contributed by atoms with Gasteiger partial charge in [0.1, 0.15) is 5.15 Å². The van der Waals surface area contributed by atoms with Crippen LogP contribution in [-0.2, 0) is 10.0 Å². The van der Waals surface area contributed by atoms with Crippen molar-refractivity contribution in [2.45, 2.75) is 0 Å². The molecule has 1 aromatic rings. The maximum absolute atomic E-state index is 10.6. The summed E-state index contributed by atoms with van der Waals surface area (Å²) in [5, 5.41) is 7.83. The second-order valence-corrected chi connectivity index (χ2v) is 4.99. The number of rotatable bonds is 4. The van der Waals surface area contributed by atoms with Crippen LogP contribution in [0.25, 0.3) is 0 Å². The van der Waals surface area contributed by atoms with Gasteiger partial charge in [0.05, 0.1) is 11.4 Å². The minimum atomic E-state index is -3.48. The van der Waals surface area contributed by atoms with Crippen molar-refractivity contribution in [2.75, 3.05) is 23.3 Å². The second-order valence-electron chi connectivity index (χ2n) is 2.87. The predicted molar refractivity (Wildman–Crippen MR) is 60.1 cm³/mol. The maximum atomic E-state index is 10.6. The highest BCUT2D eigenvalue weighted by molar-refractivity contribution is 7.89. The van der Waals surface area contributed by atoms with E-state index in [2.05, 4.69) is 10.3 Å². The van der Waals surface area contributed by atoms with Gasteiger partial charge in [-0.3, -0.25) is 0 Å². The lowest BCUT2D eigenvalue weighted by Crippen LogP contribution is -2.22. The lowest BCUT2D eigenvalue weighted by molar-refractivity contribution is 0.598. The van der Waals surface area contributed by atoms with Crippen LogP contribution in [0.15, 0.2) is 12.1 Å². The summed E-state index contributed by atoms with van der Waals surface area (Å²) in [4.78, 5) is 3.89. The molecule has 0 unspecified atom stereocenters. The lowest BCUT2D eigenvalue weighted by atomic mass is 10.4. The first-order valence-electron chi connectivity index (χ1n) is 4.05. The molecule has 0 bridgehead atoms. The number of nitrogens with two attached hydrogens (primary N) is 2. The summed E-state index contributed by atoms with van der Waals surface area (Å²) in [6, 6.07) is 3.12. The maximum Gasteiger partial charge on any atom is 0.210 e. The standard InChI is InChI=1S/C7H11ClN4O2S/c8-6-2-1-5(9)7(12-6)11-3-4-15(10,13)14/h1-2H,3-4,9H2,(H,11,12)(H2,10,13,14). The van der Waals surface area contributed by atoms with E-state index in [0.717, 1.165) is 0 Å². The summed E-state index contributed by atoms with van der Waals surface area (Å²) in [5.74, 6) is 0.159. The van der Waals surface area contributed by atoms with E-state index in [-0.39, 0.29) is 17.5 Å². The molecule has 0 saturated carbocycles. The third kappa shape index (κ3) is 4.32. The fourth-order valence-electron chi connectivity index (χ4n) is 0.899. The molecule has 0 aromatic carbocycles. The Morgan fingerprint density at radius 1 is 1.47 bits per heavy atom. The van der Waals surface area contributed by atoms with Crippen LogP contribution in [-0.4, -0.2) is 25.7 Å². The molecule has 1 aromatic heterocycles. The van der Waals surface area contributed by atoms with Gasteiger partial charge >= 0.3 is 0 Å². The first-order valence-corrected chi connectivity index (χ1v) is 6.14. The largest absolute Gasteiger partial charge is 0.396 e. The topological polar surface area (TPSA) is 111 Å². The van der Waals surface area contributed by atoms with Gasteiger partial charge in [0, 0.05) is 6.54 Å². The van der Waals surface area contributed by atoms with Crippen molar-refractivity contribution in [1.29, 1.82) is 0 Å².